The minimum Gasteiger partial charge on any atom is -0.497 e. The van der Waals surface area contributed by atoms with Crippen LogP contribution in [0.5, 0.6) is 5.75 Å². The minimum absolute atomic E-state index is 0.535. The Morgan fingerprint density at radius 3 is 2.50 bits per heavy atom. The Labute approximate surface area is 101 Å². The van der Waals surface area contributed by atoms with Crippen LogP contribution < -0.4 is 4.74 Å². The summed E-state index contributed by atoms with van der Waals surface area (Å²) in [5, 5.41) is 2.59. The van der Waals surface area contributed by atoms with E-state index in [1.165, 1.54) is 0 Å². The Balaban J connectivity index is 0.000000606. The predicted octanol–water partition coefficient (Wildman–Crippen LogP) is 4.23. The van der Waals surface area contributed by atoms with Gasteiger partial charge in [0.25, 0.3) is 0 Å². The van der Waals surface area contributed by atoms with E-state index in [-0.39, 0.29) is 0 Å². The molecule has 3 heteroatoms. The van der Waals surface area contributed by atoms with Gasteiger partial charge in [-0.15, -0.1) is 0 Å². The molecule has 0 radical (unpaired) electrons. The lowest BCUT2D eigenvalue weighted by atomic mass is 10.1. The number of halogens is 1. The van der Waals surface area contributed by atoms with E-state index in [1.807, 2.05) is 39.0 Å². The quantitative estimate of drug-likeness (QED) is 0.693. The number of aryl methyl sites for hydroxylation is 1. The van der Waals surface area contributed by atoms with Crippen LogP contribution in [0.25, 0.3) is 10.8 Å². The van der Waals surface area contributed by atoms with Crippen molar-refractivity contribution in [2.24, 2.45) is 0 Å². The van der Waals surface area contributed by atoms with Crippen molar-refractivity contribution in [2.45, 2.75) is 20.8 Å². The van der Waals surface area contributed by atoms with Gasteiger partial charge in [-0.3, -0.25) is 0 Å². The van der Waals surface area contributed by atoms with Gasteiger partial charge in [0.2, 0.25) is 0 Å². The highest BCUT2D eigenvalue weighted by Gasteiger charge is 2.03. The summed E-state index contributed by atoms with van der Waals surface area (Å²) in [6.07, 6.45) is 1.77. The van der Waals surface area contributed by atoms with Crippen molar-refractivity contribution >= 4 is 22.4 Å². The molecule has 0 atom stereocenters. The zero-order valence-electron chi connectivity index (χ0n) is 10.0. The first kappa shape index (κ1) is 12.8. The zero-order chi connectivity index (χ0) is 12.1. The summed E-state index contributed by atoms with van der Waals surface area (Å²) in [4.78, 5) is 4.09. The maximum absolute atomic E-state index is 5.97. The first-order valence-electron chi connectivity index (χ1n) is 5.31. The smallest absolute Gasteiger partial charge is 0.136 e. The largest absolute Gasteiger partial charge is 0.497 e. The molecule has 1 aromatic heterocycles. The summed E-state index contributed by atoms with van der Waals surface area (Å²) in [6.45, 7) is 6.01. The molecule has 1 aromatic carbocycles. The van der Waals surface area contributed by atoms with Gasteiger partial charge in [0.05, 0.1) is 7.11 Å². The second kappa shape index (κ2) is 5.71. The SMILES string of the molecule is CC.COc1ccc2c(Cl)ncc(C)c2c1. The summed E-state index contributed by atoms with van der Waals surface area (Å²) in [5.41, 5.74) is 1.10. The van der Waals surface area contributed by atoms with Crippen molar-refractivity contribution in [2.75, 3.05) is 7.11 Å². The number of pyridine rings is 1. The first-order valence-corrected chi connectivity index (χ1v) is 5.69. The number of benzene rings is 1. The summed E-state index contributed by atoms with van der Waals surface area (Å²) in [7, 11) is 1.65. The van der Waals surface area contributed by atoms with Crippen LogP contribution in [0.2, 0.25) is 5.15 Å². The monoisotopic (exact) mass is 237 g/mol. The number of aromatic nitrogens is 1. The second-order valence-electron chi connectivity index (χ2n) is 3.14. The van der Waals surface area contributed by atoms with Crippen LogP contribution >= 0.6 is 11.6 Å². The predicted molar refractivity (Wildman–Crippen MR) is 69.4 cm³/mol. The van der Waals surface area contributed by atoms with E-state index in [1.54, 1.807) is 13.3 Å². The molecule has 2 rings (SSSR count). The molecule has 0 aliphatic carbocycles. The van der Waals surface area contributed by atoms with Crippen LogP contribution in [-0.2, 0) is 0 Å². The highest BCUT2D eigenvalue weighted by molar-refractivity contribution is 6.34. The third-order valence-corrected chi connectivity index (χ3v) is 2.55. The maximum atomic E-state index is 5.97. The summed E-state index contributed by atoms with van der Waals surface area (Å²) >= 11 is 5.97. The molecule has 0 saturated heterocycles. The second-order valence-corrected chi connectivity index (χ2v) is 3.50. The van der Waals surface area contributed by atoms with Crippen molar-refractivity contribution in [1.29, 1.82) is 0 Å². The number of hydrogen-bond donors (Lipinski definition) is 0. The lowest BCUT2D eigenvalue weighted by molar-refractivity contribution is 0.415. The van der Waals surface area contributed by atoms with Crippen molar-refractivity contribution in [1.82, 2.24) is 4.98 Å². The van der Waals surface area contributed by atoms with Gasteiger partial charge in [0.15, 0.2) is 0 Å². The lowest BCUT2D eigenvalue weighted by Crippen LogP contribution is -1.86. The van der Waals surface area contributed by atoms with Gasteiger partial charge >= 0.3 is 0 Å². The van der Waals surface area contributed by atoms with Gasteiger partial charge in [-0.1, -0.05) is 25.4 Å². The van der Waals surface area contributed by atoms with Crippen molar-refractivity contribution < 1.29 is 4.74 Å². The zero-order valence-corrected chi connectivity index (χ0v) is 10.8. The van der Waals surface area contributed by atoms with Gasteiger partial charge in [-0.05, 0) is 36.1 Å². The molecule has 0 aliphatic rings. The molecule has 0 bridgehead atoms. The van der Waals surface area contributed by atoms with Gasteiger partial charge in [0.1, 0.15) is 10.9 Å². The summed E-state index contributed by atoms with van der Waals surface area (Å²) in [5.74, 6) is 0.836. The van der Waals surface area contributed by atoms with Gasteiger partial charge < -0.3 is 4.74 Å². The van der Waals surface area contributed by atoms with Gasteiger partial charge in [0, 0.05) is 11.6 Å². The molecule has 0 saturated carbocycles. The fourth-order valence-electron chi connectivity index (χ4n) is 1.45. The average molecular weight is 238 g/mol. The molecule has 0 fully saturated rings. The summed E-state index contributed by atoms with van der Waals surface area (Å²) in [6, 6.07) is 5.78. The first-order chi connectivity index (χ1) is 7.72. The van der Waals surface area contributed by atoms with E-state index >= 15 is 0 Å². The highest BCUT2D eigenvalue weighted by atomic mass is 35.5. The van der Waals surface area contributed by atoms with Gasteiger partial charge in [-0.2, -0.15) is 0 Å². The third-order valence-electron chi connectivity index (χ3n) is 2.25. The Bertz CT molecular complexity index is 483. The topological polar surface area (TPSA) is 22.1 Å². The third kappa shape index (κ3) is 2.45. The van der Waals surface area contributed by atoms with Crippen LogP contribution in [0, 0.1) is 6.92 Å². The molecular formula is C13H16ClNO. The molecule has 1 heterocycles. The van der Waals surface area contributed by atoms with Crippen molar-refractivity contribution in [3.63, 3.8) is 0 Å². The Hall–Kier alpha value is -1.28. The normalized spacial score (nSPS) is 9.56. The molecule has 0 N–H and O–H groups in total. The molecule has 0 aliphatic heterocycles. The average Bonchev–Trinajstić information content (AvgIpc) is 2.36. The van der Waals surface area contributed by atoms with E-state index in [4.69, 9.17) is 16.3 Å². The minimum atomic E-state index is 0.535. The highest BCUT2D eigenvalue weighted by Crippen LogP contribution is 2.27. The number of ether oxygens (including phenoxy) is 1. The number of methoxy groups -OCH3 is 1. The van der Waals surface area contributed by atoms with Crippen LogP contribution in [0.4, 0.5) is 0 Å². The van der Waals surface area contributed by atoms with Crippen LogP contribution in [0.15, 0.2) is 24.4 Å². The van der Waals surface area contributed by atoms with E-state index in [0.29, 0.717) is 5.15 Å². The standard InChI is InChI=1S/C11H10ClNO.C2H6/c1-7-6-13-11(12)9-4-3-8(14-2)5-10(7)9;1-2/h3-6H,1-2H3;1-2H3. The number of nitrogens with zero attached hydrogens (tertiary/aromatic N) is 1. The molecule has 0 unspecified atom stereocenters. The Morgan fingerprint density at radius 2 is 1.88 bits per heavy atom. The number of hydrogen-bond acceptors (Lipinski definition) is 2. The van der Waals surface area contributed by atoms with E-state index in [9.17, 15) is 0 Å². The van der Waals surface area contributed by atoms with Crippen LogP contribution in [0.3, 0.4) is 0 Å². The van der Waals surface area contributed by atoms with Gasteiger partial charge in [-0.25, -0.2) is 4.98 Å². The van der Waals surface area contributed by atoms with Crippen LogP contribution in [-0.4, -0.2) is 12.1 Å². The van der Waals surface area contributed by atoms with Crippen molar-refractivity contribution in [3.05, 3.63) is 35.1 Å². The molecular weight excluding hydrogens is 222 g/mol. The molecule has 2 nitrogen and oxygen atoms in total. The molecule has 2 aromatic rings. The molecule has 0 spiro atoms. The summed E-state index contributed by atoms with van der Waals surface area (Å²) < 4.78 is 5.15. The fourth-order valence-corrected chi connectivity index (χ4v) is 1.66. The number of fused-ring (bicyclic) bond motifs is 1. The fraction of sp³-hybridized carbons (Fsp3) is 0.308. The molecule has 86 valence electrons. The van der Waals surface area contributed by atoms with E-state index in [2.05, 4.69) is 4.98 Å². The Morgan fingerprint density at radius 1 is 1.19 bits per heavy atom. The lowest BCUT2D eigenvalue weighted by Gasteiger charge is -2.05. The molecule has 16 heavy (non-hydrogen) atoms. The van der Waals surface area contributed by atoms with Crippen LogP contribution in [0.1, 0.15) is 19.4 Å². The van der Waals surface area contributed by atoms with E-state index in [0.717, 1.165) is 22.1 Å². The van der Waals surface area contributed by atoms with E-state index < -0.39 is 0 Å². The number of rotatable bonds is 1. The molecule has 0 amide bonds. The Kier molecular flexibility index (Phi) is 4.56. The van der Waals surface area contributed by atoms with Crippen molar-refractivity contribution in [3.8, 4) is 5.75 Å². The maximum Gasteiger partial charge on any atom is 0.136 e.